The third-order valence-corrected chi connectivity index (χ3v) is 5.92. The van der Waals surface area contributed by atoms with Crippen LogP contribution in [-0.4, -0.2) is 32.6 Å². The maximum atomic E-state index is 12.7. The van der Waals surface area contributed by atoms with Crippen LogP contribution in [-0.2, 0) is 11.2 Å². The molecule has 1 amide bonds. The third kappa shape index (κ3) is 2.73. The molecule has 1 aliphatic heterocycles. The number of hydrogen-bond acceptors (Lipinski definition) is 5. The average molecular weight is 374 g/mol. The lowest BCUT2D eigenvalue weighted by Crippen LogP contribution is -2.36. The highest BCUT2D eigenvalue weighted by Crippen LogP contribution is 2.40. The standard InChI is InChI=1S/C21H22N6O/c28-21(14-5-6-14)27-9-1-2-12-7-8-15(10-17(12)27)23-20-18-16(11-22-26-18)24-19(25-20)13-3-4-13/h7-8,10-11,13-14H,1-6,9H2,(H,22,26)(H,23,24,25). The zero-order valence-corrected chi connectivity index (χ0v) is 15.6. The molecule has 3 aliphatic rings. The van der Waals surface area contributed by atoms with Crippen LogP contribution in [0.5, 0.6) is 0 Å². The SMILES string of the molecule is O=C(C1CC1)N1CCCc2ccc(Nc3nc(C4CC4)nc4cn[nH]c34)cc21. The third-order valence-electron chi connectivity index (χ3n) is 5.92. The number of hydrogen-bond donors (Lipinski definition) is 2. The van der Waals surface area contributed by atoms with Crippen LogP contribution < -0.4 is 10.2 Å². The van der Waals surface area contributed by atoms with E-state index >= 15 is 0 Å². The van der Waals surface area contributed by atoms with E-state index in [4.69, 9.17) is 4.98 Å². The van der Waals surface area contributed by atoms with Crippen molar-refractivity contribution < 1.29 is 4.79 Å². The van der Waals surface area contributed by atoms with E-state index in [2.05, 4.69) is 38.7 Å². The van der Waals surface area contributed by atoms with Crippen LogP contribution in [0.4, 0.5) is 17.2 Å². The highest BCUT2D eigenvalue weighted by Gasteiger charge is 2.35. The van der Waals surface area contributed by atoms with E-state index in [1.807, 2.05) is 4.90 Å². The molecule has 28 heavy (non-hydrogen) atoms. The van der Waals surface area contributed by atoms with Gasteiger partial charge in [0.2, 0.25) is 5.91 Å². The monoisotopic (exact) mass is 374 g/mol. The molecule has 2 N–H and O–H groups in total. The van der Waals surface area contributed by atoms with Gasteiger partial charge in [-0.05, 0) is 56.2 Å². The van der Waals surface area contributed by atoms with E-state index in [0.29, 0.717) is 5.92 Å². The summed E-state index contributed by atoms with van der Waals surface area (Å²) < 4.78 is 0. The van der Waals surface area contributed by atoms with Crippen LogP contribution in [0.25, 0.3) is 11.0 Å². The molecule has 0 atom stereocenters. The van der Waals surface area contributed by atoms with E-state index in [9.17, 15) is 4.79 Å². The second-order valence-electron chi connectivity index (χ2n) is 8.17. The van der Waals surface area contributed by atoms with Gasteiger partial charge in [-0.25, -0.2) is 9.97 Å². The van der Waals surface area contributed by atoms with Crippen LogP contribution in [0.2, 0.25) is 0 Å². The molecule has 1 aromatic carbocycles. The topological polar surface area (TPSA) is 86.8 Å². The number of anilines is 3. The van der Waals surface area contributed by atoms with Gasteiger partial charge in [0.1, 0.15) is 16.9 Å². The fourth-order valence-electron chi connectivity index (χ4n) is 4.04. The number of benzene rings is 1. The van der Waals surface area contributed by atoms with Crippen molar-refractivity contribution in [3.63, 3.8) is 0 Å². The van der Waals surface area contributed by atoms with E-state index in [-0.39, 0.29) is 11.8 Å². The maximum Gasteiger partial charge on any atom is 0.230 e. The number of aryl methyl sites for hydroxylation is 1. The molecule has 0 spiro atoms. The predicted molar refractivity (Wildman–Crippen MR) is 107 cm³/mol. The molecule has 0 bridgehead atoms. The number of fused-ring (bicyclic) bond motifs is 2. The Kier molecular flexibility index (Phi) is 3.45. The van der Waals surface area contributed by atoms with Crippen molar-refractivity contribution in [1.82, 2.24) is 20.2 Å². The summed E-state index contributed by atoms with van der Waals surface area (Å²) in [4.78, 5) is 24.1. The molecular weight excluding hydrogens is 352 g/mol. The van der Waals surface area contributed by atoms with Gasteiger partial charge in [0, 0.05) is 29.8 Å². The smallest absolute Gasteiger partial charge is 0.230 e. The number of rotatable bonds is 4. The Balaban J connectivity index is 1.37. The summed E-state index contributed by atoms with van der Waals surface area (Å²) in [5.41, 5.74) is 4.88. The molecule has 0 radical (unpaired) electrons. The van der Waals surface area contributed by atoms with Gasteiger partial charge >= 0.3 is 0 Å². The van der Waals surface area contributed by atoms with Gasteiger partial charge in [0.25, 0.3) is 0 Å². The number of aromatic amines is 1. The summed E-state index contributed by atoms with van der Waals surface area (Å²) in [6.07, 6.45) is 8.17. The van der Waals surface area contributed by atoms with Crippen LogP contribution >= 0.6 is 0 Å². The first-order chi connectivity index (χ1) is 13.8. The van der Waals surface area contributed by atoms with Gasteiger partial charge in [0.05, 0.1) is 6.20 Å². The van der Waals surface area contributed by atoms with Crippen molar-refractivity contribution in [1.29, 1.82) is 0 Å². The van der Waals surface area contributed by atoms with Gasteiger partial charge in [-0.15, -0.1) is 0 Å². The summed E-state index contributed by atoms with van der Waals surface area (Å²) in [5, 5.41) is 10.6. The quantitative estimate of drug-likeness (QED) is 0.728. The zero-order chi connectivity index (χ0) is 18.7. The molecular formula is C21H22N6O. The number of carbonyl (C=O) groups is 1. The Hall–Kier alpha value is -2.96. The minimum absolute atomic E-state index is 0.232. The first kappa shape index (κ1) is 16.0. The molecule has 3 heterocycles. The normalized spacial score (nSPS) is 18.9. The molecule has 2 aliphatic carbocycles. The minimum Gasteiger partial charge on any atom is -0.338 e. The van der Waals surface area contributed by atoms with Crippen LogP contribution in [0.1, 0.15) is 49.4 Å². The number of aromatic nitrogens is 4. The van der Waals surface area contributed by atoms with Gasteiger partial charge in [-0.2, -0.15) is 5.10 Å². The molecule has 0 unspecified atom stereocenters. The molecule has 2 fully saturated rings. The largest absolute Gasteiger partial charge is 0.338 e. The van der Waals surface area contributed by atoms with E-state index < -0.39 is 0 Å². The summed E-state index contributed by atoms with van der Waals surface area (Å²) in [7, 11) is 0. The van der Waals surface area contributed by atoms with Crippen molar-refractivity contribution in [2.75, 3.05) is 16.8 Å². The van der Waals surface area contributed by atoms with Crippen LogP contribution in [0.15, 0.2) is 24.4 Å². The van der Waals surface area contributed by atoms with Gasteiger partial charge in [-0.1, -0.05) is 6.07 Å². The Morgan fingerprint density at radius 1 is 1.18 bits per heavy atom. The highest BCUT2D eigenvalue weighted by molar-refractivity contribution is 5.98. The van der Waals surface area contributed by atoms with Gasteiger partial charge < -0.3 is 10.2 Å². The number of nitrogens with one attached hydrogen (secondary N) is 2. The van der Waals surface area contributed by atoms with Crippen molar-refractivity contribution in [2.24, 2.45) is 5.92 Å². The Morgan fingerprint density at radius 3 is 2.89 bits per heavy atom. The molecule has 7 heteroatoms. The minimum atomic E-state index is 0.232. The van der Waals surface area contributed by atoms with Crippen molar-refractivity contribution >= 4 is 34.1 Å². The highest BCUT2D eigenvalue weighted by atomic mass is 16.2. The Morgan fingerprint density at radius 2 is 2.07 bits per heavy atom. The summed E-state index contributed by atoms with van der Waals surface area (Å²) in [6, 6.07) is 6.30. The number of H-pyrrole nitrogens is 1. The van der Waals surface area contributed by atoms with E-state index in [0.717, 1.165) is 79.1 Å². The number of nitrogens with zero attached hydrogens (tertiary/aromatic N) is 4. The van der Waals surface area contributed by atoms with E-state index in [1.165, 1.54) is 5.56 Å². The molecule has 2 aromatic heterocycles. The fraction of sp³-hybridized carbons (Fsp3) is 0.429. The summed E-state index contributed by atoms with van der Waals surface area (Å²) in [5.74, 6) is 2.62. The summed E-state index contributed by atoms with van der Waals surface area (Å²) >= 11 is 0. The fourth-order valence-corrected chi connectivity index (χ4v) is 4.04. The molecule has 2 saturated carbocycles. The zero-order valence-electron chi connectivity index (χ0n) is 15.6. The second-order valence-corrected chi connectivity index (χ2v) is 8.17. The molecule has 142 valence electrons. The van der Waals surface area contributed by atoms with Crippen LogP contribution in [0.3, 0.4) is 0 Å². The maximum absolute atomic E-state index is 12.7. The molecule has 3 aromatic rings. The average Bonchev–Trinajstić information content (AvgIpc) is 3.64. The van der Waals surface area contributed by atoms with Gasteiger partial charge in [0.15, 0.2) is 5.82 Å². The van der Waals surface area contributed by atoms with E-state index in [1.54, 1.807) is 6.20 Å². The Labute approximate surface area is 162 Å². The number of carbonyl (C=O) groups excluding carboxylic acids is 1. The van der Waals surface area contributed by atoms with Crippen molar-refractivity contribution in [3.8, 4) is 0 Å². The lowest BCUT2D eigenvalue weighted by atomic mass is 10.0. The second kappa shape index (κ2) is 6.02. The lowest BCUT2D eigenvalue weighted by Gasteiger charge is -2.30. The predicted octanol–water partition coefficient (Wildman–Crippen LogP) is 3.66. The lowest BCUT2D eigenvalue weighted by molar-refractivity contribution is -0.119. The Bertz CT molecular complexity index is 1080. The first-order valence-corrected chi connectivity index (χ1v) is 10.2. The van der Waals surface area contributed by atoms with Crippen molar-refractivity contribution in [2.45, 2.75) is 44.4 Å². The van der Waals surface area contributed by atoms with Crippen molar-refractivity contribution in [3.05, 3.63) is 35.8 Å². The van der Waals surface area contributed by atoms with Gasteiger partial charge in [-0.3, -0.25) is 9.89 Å². The summed E-state index contributed by atoms with van der Waals surface area (Å²) in [6.45, 7) is 0.815. The molecule has 0 saturated heterocycles. The number of amides is 1. The van der Waals surface area contributed by atoms with Crippen LogP contribution in [0, 0.1) is 5.92 Å². The molecule has 7 nitrogen and oxygen atoms in total. The molecule has 6 rings (SSSR count). The first-order valence-electron chi connectivity index (χ1n) is 10.2.